The highest BCUT2D eigenvalue weighted by Crippen LogP contribution is 2.19. The van der Waals surface area contributed by atoms with E-state index in [1.165, 1.54) is 0 Å². The van der Waals surface area contributed by atoms with E-state index in [-0.39, 0.29) is 5.91 Å². The molecular formula is C25H26ClN5O4. The number of carboxylic acids is 1. The van der Waals surface area contributed by atoms with Crippen LogP contribution in [-0.4, -0.2) is 29.1 Å². The maximum Gasteiger partial charge on any atom is 0.300 e. The third-order valence-corrected chi connectivity index (χ3v) is 4.84. The summed E-state index contributed by atoms with van der Waals surface area (Å²) < 4.78 is 0. The van der Waals surface area contributed by atoms with E-state index in [0.717, 1.165) is 29.3 Å². The molecule has 0 fully saturated rings. The summed E-state index contributed by atoms with van der Waals surface area (Å²) in [6, 6.07) is 19.5. The summed E-state index contributed by atoms with van der Waals surface area (Å²) in [5.74, 6) is 3.75. The predicted octanol–water partition coefficient (Wildman–Crippen LogP) is 3.36. The van der Waals surface area contributed by atoms with Crippen molar-refractivity contribution >= 4 is 41.3 Å². The second-order valence-corrected chi connectivity index (χ2v) is 7.76. The van der Waals surface area contributed by atoms with E-state index < -0.39 is 11.9 Å². The first-order chi connectivity index (χ1) is 16.7. The molecule has 0 saturated carbocycles. The lowest BCUT2D eigenvalue weighted by molar-refractivity contribution is -0.134. The second-order valence-electron chi connectivity index (χ2n) is 7.32. The van der Waals surface area contributed by atoms with Crippen LogP contribution in [0.25, 0.3) is 0 Å². The number of carbonyl (C=O) groups is 3. The maximum atomic E-state index is 12.5. The van der Waals surface area contributed by atoms with E-state index in [1.807, 2.05) is 30.3 Å². The van der Waals surface area contributed by atoms with E-state index in [2.05, 4.69) is 15.7 Å². The molecule has 0 saturated heterocycles. The minimum Gasteiger partial charge on any atom is -0.481 e. The van der Waals surface area contributed by atoms with Crippen molar-refractivity contribution < 1.29 is 19.5 Å². The Morgan fingerprint density at radius 3 is 2.29 bits per heavy atom. The van der Waals surface area contributed by atoms with Crippen molar-refractivity contribution in [1.82, 2.24) is 5.32 Å². The highest BCUT2D eigenvalue weighted by Gasteiger charge is 2.09. The number of hydrogen-bond donors (Lipinski definition) is 5. The topological polar surface area (TPSA) is 160 Å². The minimum absolute atomic E-state index is 0.219. The molecule has 10 heteroatoms. The van der Waals surface area contributed by atoms with Crippen LogP contribution in [-0.2, 0) is 17.9 Å². The molecule has 0 aliphatic rings. The lowest BCUT2D eigenvalue weighted by Crippen LogP contribution is -2.23. The zero-order valence-corrected chi connectivity index (χ0v) is 19.8. The van der Waals surface area contributed by atoms with Gasteiger partial charge in [0.15, 0.2) is 0 Å². The Bertz CT molecular complexity index is 1210. The molecule has 0 unspecified atom stereocenters. The lowest BCUT2D eigenvalue weighted by Gasteiger charge is -2.14. The van der Waals surface area contributed by atoms with Crippen LogP contribution < -0.4 is 22.2 Å². The van der Waals surface area contributed by atoms with E-state index in [9.17, 15) is 9.59 Å². The third kappa shape index (κ3) is 9.18. The molecule has 3 rings (SSSR count). The lowest BCUT2D eigenvalue weighted by atomic mass is 10.1. The molecule has 0 bridgehead atoms. The van der Waals surface area contributed by atoms with Gasteiger partial charge in [-0.3, -0.25) is 14.4 Å². The highest BCUT2D eigenvalue weighted by molar-refractivity contribution is 6.30. The van der Waals surface area contributed by atoms with Crippen molar-refractivity contribution in [1.29, 1.82) is 0 Å². The molecule has 0 atom stereocenters. The first kappa shape index (κ1) is 26.9. The number of aliphatic carboxylic acids is 1. The Hall–Kier alpha value is -4.37. The van der Waals surface area contributed by atoms with Gasteiger partial charge in [0.1, 0.15) is 0 Å². The number of benzene rings is 3. The Morgan fingerprint density at radius 1 is 1.00 bits per heavy atom. The van der Waals surface area contributed by atoms with Crippen LogP contribution in [0.3, 0.4) is 0 Å². The summed E-state index contributed by atoms with van der Waals surface area (Å²) in [6.45, 7) is 1.91. The number of anilines is 1. The van der Waals surface area contributed by atoms with E-state index in [0.29, 0.717) is 29.2 Å². The molecule has 182 valence electrons. The number of nitrogens with zero attached hydrogens (tertiary/aromatic N) is 1. The van der Waals surface area contributed by atoms with E-state index >= 15 is 0 Å². The second kappa shape index (κ2) is 13.4. The van der Waals surface area contributed by atoms with Gasteiger partial charge in [-0.15, -0.1) is 0 Å². The quantitative estimate of drug-likeness (QED) is 0.183. The molecule has 9 nitrogen and oxygen atoms in total. The normalized spacial score (nSPS) is 10.2. The fourth-order valence-corrected chi connectivity index (χ4v) is 3.16. The molecule has 0 aliphatic carbocycles. The SMILES string of the molecule is CC(=O)O.NN=Cc1ccc(CNC(=O)c2cccc(Cl)c2)c(NCc2ccc(C(N)=O)cc2)c1. The Balaban J connectivity index is 0.00000100. The fraction of sp³-hybridized carbons (Fsp3) is 0.120. The van der Waals surface area contributed by atoms with Gasteiger partial charge >= 0.3 is 0 Å². The number of nitrogens with one attached hydrogen (secondary N) is 2. The van der Waals surface area contributed by atoms with Crippen molar-refractivity contribution in [3.63, 3.8) is 0 Å². The summed E-state index contributed by atoms with van der Waals surface area (Å²) in [6.07, 6.45) is 1.54. The van der Waals surface area contributed by atoms with Crippen molar-refractivity contribution in [2.75, 3.05) is 5.32 Å². The average Bonchev–Trinajstić information content (AvgIpc) is 2.82. The molecule has 0 spiro atoms. The first-order valence-electron chi connectivity index (χ1n) is 10.4. The number of amides is 2. The summed E-state index contributed by atoms with van der Waals surface area (Å²) >= 11 is 5.97. The minimum atomic E-state index is -0.833. The largest absolute Gasteiger partial charge is 0.481 e. The zero-order chi connectivity index (χ0) is 25.8. The summed E-state index contributed by atoms with van der Waals surface area (Å²) in [5, 5.41) is 17.7. The predicted molar refractivity (Wildman–Crippen MR) is 136 cm³/mol. The molecule has 3 aromatic rings. The van der Waals surface area contributed by atoms with Crippen molar-refractivity contribution in [2.24, 2.45) is 16.7 Å². The molecule has 0 aromatic heterocycles. The molecule has 0 aliphatic heterocycles. The van der Waals surface area contributed by atoms with Crippen LogP contribution in [0.5, 0.6) is 0 Å². The Morgan fingerprint density at radius 2 is 1.69 bits per heavy atom. The number of carboxylic acid groups (broad SMARTS) is 1. The van der Waals surface area contributed by atoms with Crippen molar-refractivity contribution in [3.05, 3.63) is 99.6 Å². The number of carbonyl (C=O) groups excluding carboxylic acids is 2. The highest BCUT2D eigenvalue weighted by atomic mass is 35.5. The van der Waals surface area contributed by atoms with E-state index in [1.54, 1.807) is 42.6 Å². The smallest absolute Gasteiger partial charge is 0.300 e. The standard InChI is InChI=1S/C23H22ClN5O2.C2H4O2/c24-20-3-1-2-18(11-20)23(31)28-14-19-9-6-16(13-29-26)10-21(19)27-12-15-4-7-17(8-5-15)22(25)30;1-2(3)4/h1-11,13,27H,12,14,26H2,(H2,25,30)(H,28,31);1H3,(H,3,4). The molecule has 7 N–H and O–H groups in total. The molecule has 35 heavy (non-hydrogen) atoms. The number of halogens is 1. The van der Waals surface area contributed by atoms with Crippen LogP contribution in [0.4, 0.5) is 5.69 Å². The van der Waals surface area contributed by atoms with Gasteiger partial charge in [0.05, 0.1) is 6.21 Å². The summed E-state index contributed by atoms with van der Waals surface area (Å²) in [7, 11) is 0. The van der Waals surface area contributed by atoms with E-state index in [4.69, 9.17) is 33.1 Å². The number of nitrogens with two attached hydrogens (primary N) is 2. The van der Waals surface area contributed by atoms with Crippen LogP contribution in [0.2, 0.25) is 5.02 Å². The Labute approximate surface area is 207 Å². The summed E-state index contributed by atoms with van der Waals surface area (Å²) in [4.78, 5) is 32.7. The van der Waals surface area contributed by atoms with Gasteiger partial charge in [-0.25, -0.2) is 0 Å². The molecule has 3 aromatic carbocycles. The number of primary amides is 1. The van der Waals surface area contributed by atoms with Crippen LogP contribution in [0, 0.1) is 0 Å². The van der Waals surface area contributed by atoms with Crippen LogP contribution >= 0.6 is 11.6 Å². The summed E-state index contributed by atoms with van der Waals surface area (Å²) in [5.41, 5.74) is 9.72. The maximum absolute atomic E-state index is 12.5. The molecule has 0 radical (unpaired) electrons. The first-order valence-corrected chi connectivity index (χ1v) is 10.8. The Kier molecular flexibility index (Phi) is 10.3. The van der Waals surface area contributed by atoms with Gasteiger partial charge in [-0.2, -0.15) is 5.10 Å². The fourth-order valence-electron chi connectivity index (χ4n) is 2.97. The van der Waals surface area contributed by atoms with Gasteiger partial charge in [0.2, 0.25) is 5.91 Å². The third-order valence-electron chi connectivity index (χ3n) is 4.61. The number of hydrazone groups is 1. The zero-order valence-electron chi connectivity index (χ0n) is 19.0. The number of hydrogen-bond acceptors (Lipinski definition) is 6. The average molecular weight is 496 g/mol. The molecular weight excluding hydrogens is 470 g/mol. The van der Waals surface area contributed by atoms with Crippen LogP contribution in [0.1, 0.15) is 44.3 Å². The van der Waals surface area contributed by atoms with Gasteiger partial charge < -0.3 is 27.3 Å². The molecule has 0 heterocycles. The van der Waals surface area contributed by atoms with Crippen molar-refractivity contribution in [3.8, 4) is 0 Å². The molecule has 2 amide bonds. The van der Waals surface area contributed by atoms with Gasteiger partial charge in [-0.1, -0.05) is 41.9 Å². The van der Waals surface area contributed by atoms with Gasteiger partial charge in [0.25, 0.3) is 11.9 Å². The van der Waals surface area contributed by atoms with Crippen molar-refractivity contribution in [2.45, 2.75) is 20.0 Å². The monoisotopic (exact) mass is 495 g/mol. The number of rotatable bonds is 8. The van der Waals surface area contributed by atoms with Crippen LogP contribution in [0.15, 0.2) is 71.8 Å². The van der Waals surface area contributed by atoms with Gasteiger partial charge in [0, 0.05) is 41.9 Å². The van der Waals surface area contributed by atoms with Gasteiger partial charge in [-0.05, 0) is 53.1 Å².